The number of aromatic nitrogens is 2. The van der Waals surface area contributed by atoms with E-state index in [0.717, 1.165) is 5.01 Å². The lowest BCUT2D eigenvalue weighted by atomic mass is 10.1. The topological polar surface area (TPSA) is 148 Å². The summed E-state index contributed by atoms with van der Waals surface area (Å²) in [6.07, 6.45) is -1.84. The second-order valence-corrected chi connectivity index (χ2v) is 8.37. The minimum Gasteiger partial charge on any atom is -0.436 e. The molecule has 1 aromatic carbocycles. The fourth-order valence-corrected chi connectivity index (χ4v) is 3.50. The van der Waals surface area contributed by atoms with Crippen LogP contribution in [-0.4, -0.2) is 47.5 Å². The van der Waals surface area contributed by atoms with Crippen molar-refractivity contribution in [1.82, 2.24) is 15.5 Å². The van der Waals surface area contributed by atoms with Gasteiger partial charge in [-0.05, 0) is 25.0 Å². The number of nitriles is 1. The fraction of sp³-hybridized carbons (Fsp3) is 0.364. The lowest BCUT2D eigenvalue weighted by Crippen LogP contribution is -2.44. The van der Waals surface area contributed by atoms with Crippen LogP contribution < -0.4 is 19.8 Å². The number of nitrogens with one attached hydrogen (secondary N) is 1. The van der Waals surface area contributed by atoms with Gasteiger partial charge in [0, 0.05) is 18.6 Å². The Labute approximate surface area is 216 Å². The van der Waals surface area contributed by atoms with Crippen molar-refractivity contribution in [3.63, 3.8) is 0 Å². The summed E-state index contributed by atoms with van der Waals surface area (Å²) >= 11 is 12.8. The van der Waals surface area contributed by atoms with E-state index in [-0.39, 0.29) is 58.0 Å². The van der Waals surface area contributed by atoms with Crippen molar-refractivity contribution >= 4 is 46.8 Å². The van der Waals surface area contributed by atoms with Gasteiger partial charge in [-0.1, -0.05) is 37.0 Å². The van der Waals surface area contributed by atoms with Gasteiger partial charge in [-0.2, -0.15) is 15.4 Å². The highest BCUT2D eigenvalue weighted by molar-refractivity contribution is 6.37. The second kappa shape index (κ2) is 11.7. The van der Waals surface area contributed by atoms with Gasteiger partial charge in [-0.15, -0.1) is 10.2 Å². The average Bonchev–Trinajstić information content (AvgIpc) is 2.82. The molecule has 1 atom stereocenters. The van der Waals surface area contributed by atoms with E-state index in [1.807, 2.05) is 19.9 Å². The molecule has 1 N–H and O–H groups in total. The van der Waals surface area contributed by atoms with Gasteiger partial charge in [0.2, 0.25) is 18.1 Å². The van der Waals surface area contributed by atoms with Gasteiger partial charge >= 0.3 is 12.2 Å². The van der Waals surface area contributed by atoms with Crippen molar-refractivity contribution < 1.29 is 28.5 Å². The summed E-state index contributed by atoms with van der Waals surface area (Å²) in [7, 11) is 0. The number of nitrogens with zero attached hydrogens (tertiary/aromatic N) is 5. The van der Waals surface area contributed by atoms with E-state index in [0.29, 0.717) is 5.56 Å². The summed E-state index contributed by atoms with van der Waals surface area (Å²) in [6.45, 7) is 7.17. The van der Waals surface area contributed by atoms with Crippen LogP contribution in [0, 0.1) is 11.3 Å². The maximum atomic E-state index is 12.2. The molecule has 0 aliphatic carbocycles. The summed E-state index contributed by atoms with van der Waals surface area (Å²) < 4.78 is 21.1. The number of hydrogen-bond donors (Lipinski definition) is 1. The molecular formula is C22H22Cl2N6O6. The first-order chi connectivity index (χ1) is 17.1. The molecule has 0 saturated carbocycles. The Morgan fingerprint density at radius 3 is 2.53 bits per heavy atom. The van der Waals surface area contributed by atoms with E-state index in [1.54, 1.807) is 13.0 Å². The minimum absolute atomic E-state index is 0.0266. The van der Waals surface area contributed by atoms with Gasteiger partial charge in [0.25, 0.3) is 0 Å². The molecule has 3 rings (SSSR count). The predicted molar refractivity (Wildman–Crippen MR) is 130 cm³/mol. The van der Waals surface area contributed by atoms with Gasteiger partial charge in [0.15, 0.2) is 11.5 Å². The SMILES string of the molecule is CCOC(=O)OC(C)Oc1nnc(Oc2c(Cl)cc(N3N=C(C#N)CNC3=O)cc2Cl)cc1C(C)C. The third-order valence-corrected chi connectivity index (χ3v) is 5.13. The number of anilines is 1. The Morgan fingerprint density at radius 2 is 1.92 bits per heavy atom. The summed E-state index contributed by atoms with van der Waals surface area (Å²) in [4.78, 5) is 23.7. The molecule has 0 fully saturated rings. The fourth-order valence-electron chi connectivity index (χ4n) is 2.94. The number of urea groups is 1. The van der Waals surface area contributed by atoms with Crippen LogP contribution in [-0.2, 0) is 9.47 Å². The molecule has 2 amide bonds. The smallest absolute Gasteiger partial charge is 0.436 e. The molecule has 0 bridgehead atoms. The molecule has 2 aromatic rings. The Balaban J connectivity index is 1.83. The number of carbonyl (C=O) groups is 2. The number of hydrogen-bond acceptors (Lipinski definition) is 10. The highest BCUT2D eigenvalue weighted by Gasteiger charge is 2.24. The first-order valence-electron chi connectivity index (χ1n) is 10.7. The maximum Gasteiger partial charge on any atom is 0.511 e. The molecule has 2 heterocycles. The van der Waals surface area contributed by atoms with Gasteiger partial charge in [0.05, 0.1) is 28.9 Å². The molecule has 1 aromatic heterocycles. The molecule has 0 saturated heterocycles. The molecular weight excluding hydrogens is 515 g/mol. The first kappa shape index (κ1) is 26.8. The standard InChI is InChI=1S/C22H22Cl2N6O6/c1-5-33-22(32)35-12(4)34-20-15(11(2)3)8-18(27-28-20)36-19-16(23)6-14(7-17(19)24)30-21(31)26-10-13(9-25)29-30/h6-8,11-12H,5,10H2,1-4H3,(H,26,31). The second-order valence-electron chi connectivity index (χ2n) is 7.55. The third kappa shape index (κ3) is 6.44. The van der Waals surface area contributed by atoms with Gasteiger partial charge in [-0.3, -0.25) is 0 Å². The van der Waals surface area contributed by atoms with Crippen molar-refractivity contribution in [2.75, 3.05) is 18.2 Å². The largest absolute Gasteiger partial charge is 0.511 e. The van der Waals surface area contributed by atoms with Crippen LogP contribution >= 0.6 is 23.2 Å². The quantitative estimate of drug-likeness (QED) is 0.362. The Bertz CT molecular complexity index is 1210. The van der Waals surface area contributed by atoms with Crippen LogP contribution in [0.1, 0.15) is 39.2 Å². The van der Waals surface area contributed by atoms with Crippen LogP contribution in [0.5, 0.6) is 17.5 Å². The number of amides is 2. The van der Waals surface area contributed by atoms with Crippen molar-refractivity contribution in [1.29, 1.82) is 5.26 Å². The molecule has 1 aliphatic heterocycles. The Morgan fingerprint density at radius 1 is 1.22 bits per heavy atom. The van der Waals surface area contributed by atoms with E-state index in [4.69, 9.17) is 47.4 Å². The van der Waals surface area contributed by atoms with Gasteiger partial charge in [-0.25, -0.2) is 9.59 Å². The molecule has 1 aliphatic rings. The lowest BCUT2D eigenvalue weighted by Gasteiger charge is -2.23. The number of ether oxygens (including phenoxy) is 4. The molecule has 12 nitrogen and oxygen atoms in total. The molecule has 1 unspecified atom stereocenters. The van der Waals surface area contributed by atoms with Crippen molar-refractivity contribution in [3.8, 4) is 23.6 Å². The molecule has 14 heteroatoms. The van der Waals surface area contributed by atoms with E-state index in [1.165, 1.54) is 19.1 Å². The Kier molecular flexibility index (Phi) is 8.73. The number of hydrazone groups is 1. The summed E-state index contributed by atoms with van der Waals surface area (Å²) in [5, 5.41) is 24.7. The van der Waals surface area contributed by atoms with E-state index in [9.17, 15) is 9.59 Å². The molecule has 190 valence electrons. The van der Waals surface area contributed by atoms with Crippen molar-refractivity contribution in [3.05, 3.63) is 33.8 Å². The van der Waals surface area contributed by atoms with E-state index < -0.39 is 18.5 Å². The number of halogens is 2. The highest BCUT2D eigenvalue weighted by atomic mass is 35.5. The number of benzene rings is 1. The zero-order valence-electron chi connectivity index (χ0n) is 19.7. The van der Waals surface area contributed by atoms with Crippen LogP contribution in [0.15, 0.2) is 23.3 Å². The summed E-state index contributed by atoms with van der Waals surface area (Å²) in [6, 6.07) is 5.76. The van der Waals surface area contributed by atoms with E-state index >= 15 is 0 Å². The summed E-state index contributed by atoms with van der Waals surface area (Å²) in [5.41, 5.74) is 0.963. The van der Waals surface area contributed by atoms with Crippen LogP contribution in [0.3, 0.4) is 0 Å². The predicted octanol–water partition coefficient (Wildman–Crippen LogP) is 5.01. The maximum absolute atomic E-state index is 12.2. The van der Waals surface area contributed by atoms with Crippen LogP contribution in [0.2, 0.25) is 10.0 Å². The molecule has 0 spiro atoms. The van der Waals surface area contributed by atoms with Gasteiger partial charge in [0.1, 0.15) is 6.07 Å². The van der Waals surface area contributed by atoms with Crippen molar-refractivity contribution in [2.45, 2.75) is 39.9 Å². The zero-order chi connectivity index (χ0) is 26.4. The van der Waals surface area contributed by atoms with Crippen LogP contribution in [0.25, 0.3) is 0 Å². The first-order valence-corrected chi connectivity index (χ1v) is 11.5. The molecule has 0 radical (unpaired) electrons. The minimum atomic E-state index is -0.977. The zero-order valence-corrected chi connectivity index (χ0v) is 21.3. The monoisotopic (exact) mass is 536 g/mol. The Hall–Kier alpha value is -3.82. The number of carbonyl (C=O) groups excluding carboxylic acids is 2. The third-order valence-electron chi connectivity index (χ3n) is 4.57. The van der Waals surface area contributed by atoms with Gasteiger partial charge < -0.3 is 24.3 Å². The number of rotatable bonds is 8. The molecule has 36 heavy (non-hydrogen) atoms. The lowest BCUT2D eigenvalue weighted by molar-refractivity contribution is -0.0547. The summed E-state index contributed by atoms with van der Waals surface area (Å²) in [5.74, 6) is 0.220. The van der Waals surface area contributed by atoms with E-state index in [2.05, 4.69) is 20.6 Å². The van der Waals surface area contributed by atoms with Crippen LogP contribution in [0.4, 0.5) is 15.3 Å². The van der Waals surface area contributed by atoms with Crippen molar-refractivity contribution in [2.24, 2.45) is 5.10 Å². The average molecular weight is 537 g/mol. The highest BCUT2D eigenvalue weighted by Crippen LogP contribution is 2.40. The normalized spacial score (nSPS) is 13.9.